The maximum Gasteiger partial charge on any atom is 0.344 e. The van der Waals surface area contributed by atoms with Crippen molar-refractivity contribution < 1.29 is 27.2 Å². The molecule has 16 heavy (non-hydrogen) atoms. The van der Waals surface area contributed by atoms with E-state index in [1.165, 1.54) is 33.3 Å². The summed E-state index contributed by atoms with van der Waals surface area (Å²) in [5.74, 6) is 0. The van der Waals surface area contributed by atoms with Crippen molar-refractivity contribution in [3.05, 3.63) is 0 Å². The van der Waals surface area contributed by atoms with Crippen LogP contribution in [0.5, 0.6) is 0 Å². The fraction of sp³-hybridized carbons (Fsp3) is 1.00. The highest BCUT2D eigenvalue weighted by Gasteiger charge is 2.29. The van der Waals surface area contributed by atoms with Crippen LogP contribution >= 0.6 is 15.2 Å². The number of hydrogen-bond acceptors (Lipinski definition) is 7. The summed E-state index contributed by atoms with van der Waals surface area (Å²) in [7, 11) is 0.503. The van der Waals surface area contributed by atoms with Crippen molar-refractivity contribution in [3.8, 4) is 0 Å². The highest BCUT2D eigenvalue weighted by molar-refractivity contribution is 7.54. The smallest absolute Gasteiger partial charge is 0.311 e. The zero-order valence-electron chi connectivity index (χ0n) is 10.2. The van der Waals surface area contributed by atoms with Crippen LogP contribution in [0.1, 0.15) is 0 Å². The first-order valence-electron chi connectivity index (χ1n) is 4.44. The molecule has 0 aliphatic rings. The van der Waals surface area contributed by atoms with Gasteiger partial charge >= 0.3 is 15.2 Å². The lowest BCUT2D eigenvalue weighted by Crippen LogP contribution is -2.22. The van der Waals surface area contributed by atoms with Crippen LogP contribution in [0.3, 0.4) is 0 Å². The first-order valence-corrected chi connectivity index (χ1v) is 7.90. The zero-order valence-corrected chi connectivity index (χ0v) is 12.0. The Morgan fingerprint density at radius 2 is 1.06 bits per heavy atom. The van der Waals surface area contributed by atoms with Gasteiger partial charge in [0.1, 0.15) is 12.6 Å². The van der Waals surface area contributed by atoms with E-state index in [2.05, 4.69) is 0 Å². The average Bonchev–Trinajstić information content (AvgIpc) is 2.28. The van der Waals surface area contributed by atoms with Crippen LogP contribution in [0.4, 0.5) is 0 Å². The molecule has 0 aliphatic carbocycles. The van der Waals surface area contributed by atoms with E-state index in [0.29, 0.717) is 0 Å². The molecule has 0 N–H and O–H groups in total. The molecule has 0 unspecified atom stereocenters. The van der Waals surface area contributed by atoms with E-state index in [-0.39, 0.29) is 12.6 Å². The van der Waals surface area contributed by atoms with Gasteiger partial charge in [-0.25, -0.2) is 0 Å². The Hall–Kier alpha value is 0.260. The van der Waals surface area contributed by atoms with Gasteiger partial charge in [-0.2, -0.15) is 0 Å². The van der Waals surface area contributed by atoms with Gasteiger partial charge in [-0.05, 0) is 7.05 Å². The molecule has 0 radical (unpaired) electrons. The molecule has 0 aliphatic heterocycles. The van der Waals surface area contributed by atoms with E-state index in [1.807, 2.05) is 0 Å². The molecule has 0 aromatic rings. The molecule has 0 atom stereocenters. The molecule has 0 aromatic heterocycles. The Balaban J connectivity index is 4.43. The number of nitrogens with zero attached hydrogens (tertiary/aromatic N) is 1. The quantitative estimate of drug-likeness (QED) is 0.625. The molecule has 0 fully saturated rings. The fourth-order valence-electron chi connectivity index (χ4n) is 1.02. The van der Waals surface area contributed by atoms with Crippen LogP contribution in [0.2, 0.25) is 0 Å². The summed E-state index contributed by atoms with van der Waals surface area (Å²) in [6.45, 7) is 0. The lowest BCUT2D eigenvalue weighted by Gasteiger charge is -2.24. The normalized spacial score (nSPS) is 13.4. The Morgan fingerprint density at radius 3 is 1.25 bits per heavy atom. The molecule has 0 amide bonds. The Bertz CT molecular complexity index is 253. The van der Waals surface area contributed by atoms with Gasteiger partial charge < -0.3 is 18.1 Å². The minimum Gasteiger partial charge on any atom is -0.311 e. The second-order valence-electron chi connectivity index (χ2n) is 3.09. The predicted octanol–water partition coefficient (Wildman–Crippen LogP) is 1.80. The van der Waals surface area contributed by atoms with Crippen molar-refractivity contribution in [1.29, 1.82) is 0 Å². The second kappa shape index (κ2) is 6.87. The largest absolute Gasteiger partial charge is 0.344 e. The molecular formula is C7H19NO6P2. The van der Waals surface area contributed by atoms with E-state index < -0.39 is 15.2 Å². The SMILES string of the molecule is COP(=O)(CN(C)CP(=O)(OC)OC)OC. The summed E-state index contributed by atoms with van der Waals surface area (Å²) < 4.78 is 42.6. The highest BCUT2D eigenvalue weighted by atomic mass is 31.2. The van der Waals surface area contributed by atoms with Gasteiger partial charge in [0.15, 0.2) is 0 Å². The summed E-state index contributed by atoms with van der Waals surface area (Å²) in [5, 5.41) is 0. The lowest BCUT2D eigenvalue weighted by molar-refractivity contribution is 0.237. The number of hydrogen-bond donors (Lipinski definition) is 0. The van der Waals surface area contributed by atoms with E-state index in [1.54, 1.807) is 7.05 Å². The summed E-state index contributed by atoms with van der Waals surface area (Å²) in [6.07, 6.45) is 0.0212. The Kier molecular flexibility index (Phi) is 6.98. The van der Waals surface area contributed by atoms with Gasteiger partial charge in [0.2, 0.25) is 0 Å². The number of rotatable bonds is 8. The van der Waals surface area contributed by atoms with Gasteiger partial charge in [-0.3, -0.25) is 14.0 Å². The van der Waals surface area contributed by atoms with E-state index in [0.717, 1.165) is 0 Å². The highest BCUT2D eigenvalue weighted by Crippen LogP contribution is 2.50. The standard InChI is InChI=1S/C7H19NO6P2/c1-8(6-15(9,11-2)12-3)7-16(10,13-4)14-5/h6-7H2,1-5H3. The third-order valence-corrected chi connectivity index (χ3v) is 5.83. The molecular weight excluding hydrogens is 256 g/mol. The molecule has 0 rings (SSSR count). The van der Waals surface area contributed by atoms with Gasteiger partial charge in [0.25, 0.3) is 0 Å². The van der Waals surface area contributed by atoms with Crippen molar-refractivity contribution >= 4 is 15.2 Å². The first-order chi connectivity index (χ1) is 7.34. The molecule has 0 saturated heterocycles. The first kappa shape index (κ1) is 16.3. The Morgan fingerprint density at radius 1 is 0.812 bits per heavy atom. The monoisotopic (exact) mass is 275 g/mol. The average molecular weight is 275 g/mol. The minimum absolute atomic E-state index is 0.0106. The van der Waals surface area contributed by atoms with Crippen molar-refractivity contribution in [2.45, 2.75) is 0 Å². The van der Waals surface area contributed by atoms with Crippen LogP contribution in [-0.2, 0) is 27.2 Å². The maximum absolute atomic E-state index is 11.8. The van der Waals surface area contributed by atoms with Crippen LogP contribution < -0.4 is 0 Å². The molecule has 98 valence electrons. The van der Waals surface area contributed by atoms with E-state index >= 15 is 0 Å². The van der Waals surface area contributed by atoms with Crippen molar-refractivity contribution in [2.24, 2.45) is 0 Å². The van der Waals surface area contributed by atoms with E-state index in [4.69, 9.17) is 18.1 Å². The third kappa shape index (κ3) is 5.06. The fourth-order valence-corrected chi connectivity index (χ4v) is 3.32. The van der Waals surface area contributed by atoms with Gasteiger partial charge in [-0.1, -0.05) is 0 Å². The zero-order chi connectivity index (χ0) is 12.8. The van der Waals surface area contributed by atoms with Crippen molar-refractivity contribution in [3.63, 3.8) is 0 Å². The summed E-state index contributed by atoms with van der Waals surface area (Å²) in [5.41, 5.74) is 0. The second-order valence-corrected chi connectivity index (χ2v) is 7.56. The van der Waals surface area contributed by atoms with Crippen molar-refractivity contribution in [1.82, 2.24) is 4.90 Å². The third-order valence-electron chi connectivity index (χ3n) is 1.94. The van der Waals surface area contributed by atoms with Crippen LogP contribution in [0.15, 0.2) is 0 Å². The molecule has 9 heteroatoms. The van der Waals surface area contributed by atoms with E-state index in [9.17, 15) is 9.13 Å². The summed E-state index contributed by atoms with van der Waals surface area (Å²) >= 11 is 0. The van der Waals surface area contributed by atoms with Crippen LogP contribution in [-0.4, -0.2) is 53.0 Å². The summed E-state index contributed by atoms with van der Waals surface area (Å²) in [6, 6.07) is 0. The predicted molar refractivity (Wildman–Crippen MR) is 60.7 cm³/mol. The minimum atomic E-state index is -3.15. The maximum atomic E-state index is 11.8. The van der Waals surface area contributed by atoms with Crippen LogP contribution in [0.25, 0.3) is 0 Å². The molecule has 0 aromatic carbocycles. The van der Waals surface area contributed by atoms with Crippen molar-refractivity contribution in [2.75, 3.05) is 48.1 Å². The summed E-state index contributed by atoms with van der Waals surface area (Å²) in [4.78, 5) is 1.52. The molecule has 0 saturated carbocycles. The topological polar surface area (TPSA) is 74.3 Å². The Labute approximate surface area is 96.1 Å². The van der Waals surface area contributed by atoms with Gasteiger partial charge in [0.05, 0.1) is 0 Å². The molecule has 0 bridgehead atoms. The van der Waals surface area contributed by atoms with Crippen LogP contribution in [0, 0.1) is 0 Å². The molecule has 0 spiro atoms. The van der Waals surface area contributed by atoms with Gasteiger partial charge in [-0.15, -0.1) is 0 Å². The molecule has 7 nitrogen and oxygen atoms in total. The molecule has 0 heterocycles. The van der Waals surface area contributed by atoms with Gasteiger partial charge in [0, 0.05) is 28.4 Å². The lowest BCUT2D eigenvalue weighted by atomic mass is 11.0.